The highest BCUT2D eigenvalue weighted by atomic mass is 32.2. The van der Waals surface area contributed by atoms with E-state index in [9.17, 15) is 27.2 Å². The van der Waals surface area contributed by atoms with Gasteiger partial charge in [-0.25, -0.2) is 22.4 Å². The zero-order valence-corrected chi connectivity index (χ0v) is 11.3. The molecule has 0 heterocycles. The van der Waals surface area contributed by atoms with Gasteiger partial charge in [-0.2, -0.15) is 0 Å². The molecule has 2 N–H and O–H groups in total. The van der Waals surface area contributed by atoms with E-state index in [2.05, 4.69) is 0 Å². The largest absolute Gasteiger partial charge is 0.480 e. The predicted molar refractivity (Wildman–Crippen MR) is 67.3 cm³/mol. The molecule has 0 spiro atoms. The van der Waals surface area contributed by atoms with E-state index in [4.69, 9.17) is 5.11 Å². The fourth-order valence-electron chi connectivity index (χ4n) is 1.35. The SMILES string of the molecule is O=C(CSc1ccc(F)c(F)c1)NC(CC(F)F)C(=O)O. The third-order valence-corrected chi connectivity index (χ3v) is 3.30. The molecule has 0 bridgehead atoms. The van der Waals surface area contributed by atoms with E-state index < -0.39 is 42.4 Å². The number of hydrogen-bond acceptors (Lipinski definition) is 3. The average Bonchev–Trinajstić information content (AvgIpc) is 2.38. The van der Waals surface area contributed by atoms with Crippen LogP contribution in [0, 0.1) is 11.6 Å². The third-order valence-electron chi connectivity index (χ3n) is 2.31. The van der Waals surface area contributed by atoms with Crippen molar-refractivity contribution >= 4 is 23.6 Å². The standard InChI is InChI=1S/C12H11F4NO3S/c13-7-2-1-6(3-8(7)14)21-5-11(18)17-9(12(19)20)4-10(15)16/h1-3,9-10H,4-5H2,(H,17,18)(H,19,20). The average molecular weight is 325 g/mol. The van der Waals surface area contributed by atoms with Gasteiger partial charge in [-0.1, -0.05) is 0 Å². The molecule has 0 saturated heterocycles. The minimum absolute atomic E-state index is 0.254. The Labute approximate surface area is 121 Å². The first kappa shape index (κ1) is 17.3. The minimum atomic E-state index is -2.87. The lowest BCUT2D eigenvalue weighted by atomic mass is 10.2. The van der Waals surface area contributed by atoms with Gasteiger partial charge in [-0.05, 0) is 18.2 Å². The highest BCUT2D eigenvalue weighted by Crippen LogP contribution is 2.20. The third kappa shape index (κ3) is 6.03. The van der Waals surface area contributed by atoms with E-state index in [-0.39, 0.29) is 10.6 Å². The van der Waals surface area contributed by atoms with Gasteiger partial charge >= 0.3 is 5.97 Å². The summed E-state index contributed by atoms with van der Waals surface area (Å²) < 4.78 is 49.9. The van der Waals surface area contributed by atoms with Crippen molar-refractivity contribution in [2.24, 2.45) is 0 Å². The fourth-order valence-corrected chi connectivity index (χ4v) is 2.08. The number of alkyl halides is 2. The number of benzene rings is 1. The molecule has 0 radical (unpaired) electrons. The maximum Gasteiger partial charge on any atom is 0.326 e. The van der Waals surface area contributed by atoms with Crippen LogP contribution in [0.25, 0.3) is 0 Å². The van der Waals surface area contributed by atoms with Gasteiger partial charge in [-0.15, -0.1) is 11.8 Å². The second-order valence-electron chi connectivity index (χ2n) is 3.95. The molecule has 1 rings (SSSR count). The number of carboxylic acids is 1. The number of aliphatic carboxylic acids is 1. The Morgan fingerprint density at radius 2 is 1.90 bits per heavy atom. The first-order valence-electron chi connectivity index (χ1n) is 5.67. The van der Waals surface area contributed by atoms with Crippen LogP contribution < -0.4 is 5.32 Å². The topological polar surface area (TPSA) is 66.4 Å². The molecule has 116 valence electrons. The van der Waals surface area contributed by atoms with Crippen LogP contribution in [-0.4, -0.2) is 35.2 Å². The number of carboxylic acid groups (broad SMARTS) is 1. The van der Waals surface area contributed by atoms with E-state index in [1.165, 1.54) is 6.07 Å². The molecule has 0 aliphatic heterocycles. The van der Waals surface area contributed by atoms with Gasteiger partial charge in [0, 0.05) is 11.3 Å². The maximum atomic E-state index is 12.9. The molecular formula is C12H11F4NO3S. The number of thioether (sulfide) groups is 1. The van der Waals surface area contributed by atoms with E-state index >= 15 is 0 Å². The van der Waals surface area contributed by atoms with Crippen molar-refractivity contribution in [3.63, 3.8) is 0 Å². The smallest absolute Gasteiger partial charge is 0.326 e. The molecule has 1 amide bonds. The van der Waals surface area contributed by atoms with Crippen LogP contribution in [0.3, 0.4) is 0 Å². The summed E-state index contributed by atoms with van der Waals surface area (Å²) in [4.78, 5) is 22.4. The molecule has 4 nitrogen and oxygen atoms in total. The normalized spacial score (nSPS) is 12.2. The monoisotopic (exact) mass is 325 g/mol. The van der Waals surface area contributed by atoms with Gasteiger partial charge in [-0.3, -0.25) is 4.79 Å². The van der Waals surface area contributed by atoms with Crippen LogP contribution in [-0.2, 0) is 9.59 Å². The zero-order valence-electron chi connectivity index (χ0n) is 10.5. The zero-order chi connectivity index (χ0) is 16.0. The fraction of sp³-hybridized carbons (Fsp3) is 0.333. The quantitative estimate of drug-likeness (QED) is 0.596. The summed E-state index contributed by atoms with van der Waals surface area (Å²) in [6, 6.07) is 1.31. The lowest BCUT2D eigenvalue weighted by molar-refractivity contribution is -0.142. The second kappa shape index (κ2) is 7.87. The van der Waals surface area contributed by atoms with Gasteiger partial charge < -0.3 is 10.4 Å². The van der Waals surface area contributed by atoms with Crippen molar-refractivity contribution in [3.8, 4) is 0 Å². The van der Waals surface area contributed by atoms with Crippen molar-refractivity contribution in [1.82, 2.24) is 5.32 Å². The van der Waals surface area contributed by atoms with E-state index in [1.54, 1.807) is 0 Å². The van der Waals surface area contributed by atoms with Crippen LogP contribution in [0.5, 0.6) is 0 Å². The summed E-state index contributed by atoms with van der Waals surface area (Å²) in [7, 11) is 0. The van der Waals surface area contributed by atoms with Crippen LogP contribution in [0.2, 0.25) is 0 Å². The number of halogens is 4. The molecule has 9 heteroatoms. The first-order valence-corrected chi connectivity index (χ1v) is 6.66. The maximum absolute atomic E-state index is 12.9. The number of carbonyl (C=O) groups excluding carboxylic acids is 1. The summed E-state index contributed by atoms with van der Waals surface area (Å²) in [6.07, 6.45) is -3.87. The van der Waals surface area contributed by atoms with Crippen molar-refractivity contribution in [3.05, 3.63) is 29.8 Å². The molecule has 1 atom stereocenters. The van der Waals surface area contributed by atoms with Crippen LogP contribution in [0.1, 0.15) is 6.42 Å². The molecule has 0 aliphatic carbocycles. The summed E-state index contributed by atoms with van der Waals surface area (Å²) in [5.74, 6) is -4.79. The number of amides is 1. The minimum Gasteiger partial charge on any atom is -0.480 e. The van der Waals surface area contributed by atoms with Gasteiger partial charge in [0.1, 0.15) is 6.04 Å². The lowest BCUT2D eigenvalue weighted by Gasteiger charge is -2.13. The van der Waals surface area contributed by atoms with Gasteiger partial charge in [0.25, 0.3) is 0 Å². The van der Waals surface area contributed by atoms with E-state index in [0.717, 1.165) is 23.9 Å². The predicted octanol–water partition coefficient (Wildman–Crippen LogP) is 2.28. The Hall–Kier alpha value is -1.77. The van der Waals surface area contributed by atoms with E-state index in [0.29, 0.717) is 0 Å². The Kier molecular flexibility index (Phi) is 6.47. The highest BCUT2D eigenvalue weighted by Gasteiger charge is 2.24. The molecular weight excluding hydrogens is 314 g/mol. The molecule has 1 aromatic rings. The Bertz CT molecular complexity index is 527. The summed E-state index contributed by atoms with van der Waals surface area (Å²) >= 11 is 0.825. The number of nitrogens with one attached hydrogen (secondary N) is 1. The Morgan fingerprint density at radius 1 is 1.24 bits per heavy atom. The molecule has 1 unspecified atom stereocenters. The molecule has 21 heavy (non-hydrogen) atoms. The molecule has 0 fully saturated rings. The summed E-state index contributed by atoms with van der Waals surface area (Å²) in [5, 5.41) is 10.6. The lowest BCUT2D eigenvalue weighted by Crippen LogP contribution is -2.42. The van der Waals surface area contributed by atoms with Crippen molar-refractivity contribution < 1.29 is 32.3 Å². The number of rotatable bonds is 7. The molecule has 1 aromatic carbocycles. The van der Waals surface area contributed by atoms with Crippen molar-refractivity contribution in [2.75, 3.05) is 5.75 Å². The second-order valence-corrected chi connectivity index (χ2v) is 5.00. The van der Waals surface area contributed by atoms with Gasteiger partial charge in [0.2, 0.25) is 12.3 Å². The van der Waals surface area contributed by atoms with Crippen molar-refractivity contribution in [1.29, 1.82) is 0 Å². The summed E-state index contributed by atoms with van der Waals surface area (Å²) in [5.41, 5.74) is 0. The highest BCUT2D eigenvalue weighted by molar-refractivity contribution is 8.00. The first-order chi connectivity index (χ1) is 9.79. The van der Waals surface area contributed by atoms with Crippen LogP contribution in [0.15, 0.2) is 23.1 Å². The molecule has 0 saturated carbocycles. The summed E-state index contributed by atoms with van der Waals surface area (Å²) in [6.45, 7) is 0. The number of carbonyl (C=O) groups is 2. The molecule has 0 aliphatic rings. The van der Waals surface area contributed by atoms with Gasteiger partial charge in [0.05, 0.1) is 5.75 Å². The molecule has 0 aromatic heterocycles. The van der Waals surface area contributed by atoms with Gasteiger partial charge in [0.15, 0.2) is 11.6 Å². The Morgan fingerprint density at radius 3 is 2.43 bits per heavy atom. The van der Waals surface area contributed by atoms with Crippen LogP contribution >= 0.6 is 11.8 Å². The van der Waals surface area contributed by atoms with E-state index in [1.807, 2.05) is 5.32 Å². The Balaban J connectivity index is 2.52. The van der Waals surface area contributed by atoms with Crippen molar-refractivity contribution in [2.45, 2.75) is 23.8 Å². The number of hydrogen-bond donors (Lipinski definition) is 2. The van der Waals surface area contributed by atoms with Crippen LogP contribution in [0.4, 0.5) is 17.6 Å².